The molecular weight excluding hydrogens is 240 g/mol. The maximum atomic E-state index is 11.7. The molecule has 0 aliphatic heterocycles. The van der Waals surface area contributed by atoms with Gasteiger partial charge in [0.1, 0.15) is 5.75 Å². The van der Waals surface area contributed by atoms with Gasteiger partial charge in [-0.25, -0.2) is 4.79 Å². The third kappa shape index (κ3) is 2.52. The van der Waals surface area contributed by atoms with Gasteiger partial charge in [-0.15, -0.1) is 0 Å². The molecule has 4 nitrogen and oxygen atoms in total. The number of urea groups is 1. The Bertz CT molecular complexity index is 623. The van der Waals surface area contributed by atoms with Crippen molar-refractivity contribution < 1.29 is 9.90 Å². The van der Waals surface area contributed by atoms with Crippen LogP contribution in [0.4, 0.5) is 16.2 Å². The molecule has 0 aromatic heterocycles. The summed E-state index contributed by atoms with van der Waals surface area (Å²) in [5.74, 6) is 0.0297. The van der Waals surface area contributed by atoms with E-state index in [2.05, 4.69) is 0 Å². The second kappa shape index (κ2) is 5.02. The summed E-state index contributed by atoms with van der Waals surface area (Å²) in [6.45, 7) is 3.75. The van der Waals surface area contributed by atoms with Gasteiger partial charge in [0.25, 0.3) is 0 Å². The number of anilines is 2. The number of amides is 2. The van der Waals surface area contributed by atoms with Crippen molar-refractivity contribution in [1.29, 1.82) is 0 Å². The van der Waals surface area contributed by atoms with E-state index in [1.54, 1.807) is 18.2 Å². The van der Waals surface area contributed by atoms with E-state index in [-0.39, 0.29) is 5.75 Å². The van der Waals surface area contributed by atoms with E-state index < -0.39 is 6.03 Å². The van der Waals surface area contributed by atoms with E-state index in [0.29, 0.717) is 11.4 Å². The van der Waals surface area contributed by atoms with Crippen LogP contribution in [0, 0.1) is 13.8 Å². The van der Waals surface area contributed by atoms with Crippen LogP contribution in [0.5, 0.6) is 5.75 Å². The number of hydrogen-bond donors (Lipinski definition) is 2. The third-order valence-corrected chi connectivity index (χ3v) is 2.95. The van der Waals surface area contributed by atoms with E-state index in [0.717, 1.165) is 11.1 Å². The molecule has 0 unspecified atom stereocenters. The third-order valence-electron chi connectivity index (χ3n) is 2.95. The molecule has 0 fully saturated rings. The Labute approximate surface area is 112 Å². The average molecular weight is 256 g/mol. The van der Waals surface area contributed by atoms with E-state index in [9.17, 15) is 9.90 Å². The Balaban J connectivity index is 2.59. The molecule has 2 aromatic carbocycles. The second-order valence-electron chi connectivity index (χ2n) is 4.45. The lowest BCUT2D eigenvalue weighted by molar-refractivity contribution is 0.256. The van der Waals surface area contributed by atoms with Crippen molar-refractivity contribution in [3.05, 3.63) is 53.6 Å². The van der Waals surface area contributed by atoms with Gasteiger partial charge in [-0.1, -0.05) is 24.3 Å². The first-order valence-corrected chi connectivity index (χ1v) is 5.95. The summed E-state index contributed by atoms with van der Waals surface area (Å²) in [7, 11) is 0. The van der Waals surface area contributed by atoms with Crippen molar-refractivity contribution in [1.82, 2.24) is 0 Å². The molecule has 2 aromatic rings. The summed E-state index contributed by atoms with van der Waals surface area (Å²) < 4.78 is 0. The first kappa shape index (κ1) is 13.0. The molecule has 98 valence electrons. The zero-order chi connectivity index (χ0) is 14.0. The van der Waals surface area contributed by atoms with E-state index in [1.807, 2.05) is 38.1 Å². The minimum atomic E-state index is -0.631. The standard InChI is InChI=1S/C15H16N2O2/c1-10-7-8-13(14(18)9-10)17(15(16)19)12-6-4-3-5-11(12)2/h3-9,18H,1-2H3,(H2,16,19). The van der Waals surface area contributed by atoms with Crippen LogP contribution in [0.1, 0.15) is 11.1 Å². The molecule has 2 rings (SSSR count). The van der Waals surface area contributed by atoms with Crippen LogP contribution in [0.3, 0.4) is 0 Å². The Morgan fingerprint density at radius 1 is 1.11 bits per heavy atom. The number of primary amides is 1. The highest BCUT2D eigenvalue weighted by molar-refractivity contribution is 6.00. The molecule has 0 saturated heterocycles. The maximum Gasteiger partial charge on any atom is 0.324 e. The van der Waals surface area contributed by atoms with Crippen LogP contribution in [0.2, 0.25) is 0 Å². The SMILES string of the molecule is Cc1ccc(N(C(N)=O)c2ccccc2C)c(O)c1. The van der Waals surface area contributed by atoms with Gasteiger partial charge >= 0.3 is 6.03 Å². The minimum absolute atomic E-state index is 0.0297. The zero-order valence-electron chi connectivity index (χ0n) is 10.9. The molecule has 0 atom stereocenters. The van der Waals surface area contributed by atoms with Gasteiger partial charge in [-0.05, 0) is 43.2 Å². The first-order valence-electron chi connectivity index (χ1n) is 5.95. The number of phenolic OH excluding ortho intramolecular Hbond substituents is 1. The Morgan fingerprint density at radius 3 is 2.37 bits per heavy atom. The fourth-order valence-electron chi connectivity index (χ4n) is 2.00. The summed E-state index contributed by atoms with van der Waals surface area (Å²) in [6, 6.07) is 11.9. The number of phenols is 1. The zero-order valence-corrected chi connectivity index (χ0v) is 10.9. The molecular formula is C15H16N2O2. The number of carbonyl (C=O) groups excluding carboxylic acids is 1. The van der Waals surface area contributed by atoms with Gasteiger partial charge in [0.2, 0.25) is 0 Å². The fourth-order valence-corrected chi connectivity index (χ4v) is 2.00. The number of carbonyl (C=O) groups is 1. The molecule has 0 aliphatic rings. The molecule has 0 saturated carbocycles. The second-order valence-corrected chi connectivity index (χ2v) is 4.45. The van der Waals surface area contributed by atoms with Crippen LogP contribution < -0.4 is 10.6 Å². The Hall–Kier alpha value is -2.49. The highest BCUT2D eigenvalue weighted by Crippen LogP contribution is 2.34. The topological polar surface area (TPSA) is 66.6 Å². The smallest absolute Gasteiger partial charge is 0.324 e. The van der Waals surface area contributed by atoms with Crippen LogP contribution >= 0.6 is 0 Å². The summed E-state index contributed by atoms with van der Waals surface area (Å²) >= 11 is 0. The normalized spacial score (nSPS) is 10.2. The van der Waals surface area contributed by atoms with Crippen LogP contribution in [-0.4, -0.2) is 11.1 Å². The van der Waals surface area contributed by atoms with Crippen molar-refractivity contribution in [2.45, 2.75) is 13.8 Å². The quantitative estimate of drug-likeness (QED) is 0.866. The number of aryl methyl sites for hydroxylation is 2. The number of benzene rings is 2. The van der Waals surface area contributed by atoms with Gasteiger partial charge in [0.15, 0.2) is 0 Å². The predicted octanol–water partition coefficient (Wildman–Crippen LogP) is 3.23. The van der Waals surface area contributed by atoms with Crippen LogP contribution in [0.15, 0.2) is 42.5 Å². The van der Waals surface area contributed by atoms with Gasteiger partial charge < -0.3 is 10.8 Å². The van der Waals surface area contributed by atoms with Crippen molar-refractivity contribution in [2.75, 3.05) is 4.90 Å². The van der Waals surface area contributed by atoms with Crippen molar-refractivity contribution in [3.63, 3.8) is 0 Å². The largest absolute Gasteiger partial charge is 0.506 e. The Morgan fingerprint density at radius 2 is 1.79 bits per heavy atom. The van der Waals surface area contributed by atoms with Gasteiger partial charge in [-0.3, -0.25) is 4.90 Å². The van der Waals surface area contributed by atoms with Crippen LogP contribution in [-0.2, 0) is 0 Å². The van der Waals surface area contributed by atoms with Crippen molar-refractivity contribution in [2.24, 2.45) is 5.73 Å². The number of aromatic hydroxyl groups is 1. The lowest BCUT2D eigenvalue weighted by atomic mass is 10.1. The summed E-state index contributed by atoms with van der Waals surface area (Å²) in [4.78, 5) is 13.0. The predicted molar refractivity (Wildman–Crippen MR) is 75.7 cm³/mol. The number of nitrogens with two attached hydrogens (primary N) is 1. The molecule has 2 amide bonds. The molecule has 0 radical (unpaired) electrons. The molecule has 0 aliphatic carbocycles. The number of nitrogens with zero attached hydrogens (tertiary/aromatic N) is 1. The minimum Gasteiger partial charge on any atom is -0.506 e. The van der Waals surface area contributed by atoms with Gasteiger partial charge in [-0.2, -0.15) is 0 Å². The van der Waals surface area contributed by atoms with E-state index in [1.165, 1.54) is 4.90 Å². The lowest BCUT2D eigenvalue weighted by Crippen LogP contribution is -2.32. The number of para-hydroxylation sites is 1. The average Bonchev–Trinajstić information content (AvgIpc) is 2.34. The van der Waals surface area contributed by atoms with Crippen molar-refractivity contribution >= 4 is 17.4 Å². The molecule has 0 heterocycles. The summed E-state index contributed by atoms with van der Waals surface area (Å²) in [5.41, 5.74) is 8.31. The number of rotatable bonds is 2. The van der Waals surface area contributed by atoms with E-state index >= 15 is 0 Å². The molecule has 3 N–H and O–H groups in total. The van der Waals surface area contributed by atoms with Crippen LogP contribution in [0.25, 0.3) is 0 Å². The lowest BCUT2D eigenvalue weighted by Gasteiger charge is -2.23. The maximum absolute atomic E-state index is 11.7. The molecule has 19 heavy (non-hydrogen) atoms. The van der Waals surface area contributed by atoms with Gasteiger partial charge in [0.05, 0.1) is 11.4 Å². The summed E-state index contributed by atoms with van der Waals surface area (Å²) in [5, 5.41) is 10.0. The Kier molecular flexibility index (Phi) is 3.42. The first-order chi connectivity index (χ1) is 9.00. The van der Waals surface area contributed by atoms with E-state index in [4.69, 9.17) is 5.73 Å². The molecule has 0 spiro atoms. The van der Waals surface area contributed by atoms with Gasteiger partial charge in [0, 0.05) is 0 Å². The van der Waals surface area contributed by atoms with Crippen molar-refractivity contribution in [3.8, 4) is 5.75 Å². The molecule has 0 bridgehead atoms. The number of hydrogen-bond acceptors (Lipinski definition) is 2. The monoisotopic (exact) mass is 256 g/mol. The highest BCUT2D eigenvalue weighted by atomic mass is 16.3. The highest BCUT2D eigenvalue weighted by Gasteiger charge is 2.19. The summed E-state index contributed by atoms with van der Waals surface area (Å²) in [6.07, 6.45) is 0. The molecule has 4 heteroatoms. The fraction of sp³-hybridized carbons (Fsp3) is 0.133.